The number of nitrogen functional groups attached to an aromatic ring is 1. The van der Waals surface area contributed by atoms with E-state index in [1.807, 2.05) is 45.0 Å². The Morgan fingerprint density at radius 1 is 1.08 bits per heavy atom. The van der Waals surface area contributed by atoms with E-state index < -0.39 is 11.2 Å². The second-order valence-corrected chi connectivity index (χ2v) is 9.76. The quantitative estimate of drug-likeness (QED) is 0.480. The number of rotatable bonds is 10. The fourth-order valence-corrected chi connectivity index (χ4v) is 4.41. The van der Waals surface area contributed by atoms with Crippen LogP contribution in [0.25, 0.3) is 0 Å². The summed E-state index contributed by atoms with van der Waals surface area (Å²) >= 11 is 0. The Morgan fingerprint density at radius 3 is 2.28 bits per heavy atom. The molecule has 0 bridgehead atoms. The zero-order valence-corrected chi connectivity index (χ0v) is 21.7. The van der Waals surface area contributed by atoms with Crippen LogP contribution in [0.15, 0.2) is 33.9 Å². The van der Waals surface area contributed by atoms with Gasteiger partial charge in [0.25, 0.3) is 5.56 Å². The van der Waals surface area contributed by atoms with Gasteiger partial charge in [-0.3, -0.25) is 28.8 Å². The number of hydrogen-bond acceptors (Lipinski definition) is 7. The molecule has 0 unspecified atom stereocenters. The van der Waals surface area contributed by atoms with Gasteiger partial charge in [0.05, 0.1) is 6.54 Å². The minimum Gasteiger partial charge on any atom is -0.383 e. The first-order valence-electron chi connectivity index (χ1n) is 12.6. The lowest BCUT2D eigenvalue weighted by Gasteiger charge is -2.36. The number of H-pyrrole nitrogens is 1. The van der Waals surface area contributed by atoms with Gasteiger partial charge in [0.2, 0.25) is 5.91 Å². The molecule has 0 aliphatic carbocycles. The number of nitrogens with two attached hydrogens (primary N) is 1. The van der Waals surface area contributed by atoms with Crippen LogP contribution in [-0.2, 0) is 11.3 Å². The average molecular weight is 499 g/mol. The molecule has 2 heterocycles. The highest BCUT2D eigenvalue weighted by molar-refractivity contribution is 5.97. The van der Waals surface area contributed by atoms with Crippen LogP contribution in [-0.4, -0.2) is 65.4 Å². The van der Waals surface area contributed by atoms with Crippen LogP contribution in [0.1, 0.15) is 50.9 Å². The number of hydrogen-bond donors (Lipinski definition) is 2. The Labute approximate surface area is 211 Å². The Bertz CT molecular complexity index is 1180. The van der Waals surface area contributed by atoms with Crippen molar-refractivity contribution in [3.8, 4) is 0 Å². The van der Waals surface area contributed by atoms with E-state index in [0.717, 1.165) is 25.2 Å². The highest BCUT2D eigenvalue weighted by Gasteiger charge is 2.27. The van der Waals surface area contributed by atoms with Crippen molar-refractivity contribution < 1.29 is 9.59 Å². The van der Waals surface area contributed by atoms with Crippen LogP contribution in [0, 0.1) is 5.92 Å². The van der Waals surface area contributed by atoms with Crippen molar-refractivity contribution in [2.75, 3.05) is 54.8 Å². The second-order valence-electron chi connectivity index (χ2n) is 9.76. The van der Waals surface area contributed by atoms with Crippen molar-refractivity contribution in [3.63, 3.8) is 0 Å². The minimum atomic E-state index is -0.638. The maximum Gasteiger partial charge on any atom is 0.330 e. The van der Waals surface area contributed by atoms with Crippen LogP contribution >= 0.6 is 0 Å². The Balaban J connectivity index is 1.74. The van der Waals surface area contributed by atoms with Gasteiger partial charge in [0.15, 0.2) is 11.5 Å². The van der Waals surface area contributed by atoms with E-state index in [9.17, 15) is 19.2 Å². The summed E-state index contributed by atoms with van der Waals surface area (Å²) in [5, 5.41) is 0. The number of ketones is 1. The lowest BCUT2D eigenvalue weighted by molar-refractivity contribution is -0.119. The summed E-state index contributed by atoms with van der Waals surface area (Å²) in [6.45, 7) is 11.2. The molecule has 0 atom stereocenters. The van der Waals surface area contributed by atoms with Gasteiger partial charge in [-0.15, -0.1) is 0 Å². The summed E-state index contributed by atoms with van der Waals surface area (Å²) in [6, 6.07) is 7.57. The predicted molar refractivity (Wildman–Crippen MR) is 143 cm³/mol. The number of Topliss-reactive ketones (excluding diaryl/α,β-unsaturated/α-hetero) is 1. The number of nitrogens with zero attached hydrogens (tertiary/aromatic N) is 4. The molecule has 1 fully saturated rings. The molecular formula is C26H38N6O4. The van der Waals surface area contributed by atoms with Gasteiger partial charge in [-0.05, 0) is 43.5 Å². The van der Waals surface area contributed by atoms with Crippen LogP contribution in [0.2, 0.25) is 0 Å². The van der Waals surface area contributed by atoms with Crippen LogP contribution in [0.4, 0.5) is 17.2 Å². The molecule has 1 amide bonds. The zero-order valence-electron chi connectivity index (χ0n) is 21.7. The number of carbonyl (C=O) groups excluding carboxylic acids is 2. The van der Waals surface area contributed by atoms with E-state index in [4.69, 9.17) is 5.73 Å². The number of anilines is 3. The molecule has 1 saturated heterocycles. The number of benzene rings is 1. The lowest BCUT2D eigenvalue weighted by Crippen LogP contribution is -2.51. The fraction of sp³-hybridized carbons (Fsp3) is 0.538. The molecule has 0 radical (unpaired) electrons. The van der Waals surface area contributed by atoms with Gasteiger partial charge >= 0.3 is 5.69 Å². The lowest BCUT2D eigenvalue weighted by atomic mass is 10.1. The minimum absolute atomic E-state index is 0.0285. The molecule has 10 nitrogen and oxygen atoms in total. The molecule has 196 valence electrons. The summed E-state index contributed by atoms with van der Waals surface area (Å²) < 4.78 is 1.34. The van der Waals surface area contributed by atoms with Crippen molar-refractivity contribution in [2.24, 2.45) is 5.92 Å². The molecule has 10 heteroatoms. The van der Waals surface area contributed by atoms with Crippen LogP contribution < -0.4 is 26.8 Å². The molecule has 1 aliphatic rings. The van der Waals surface area contributed by atoms with E-state index in [1.54, 1.807) is 6.92 Å². The molecule has 0 spiro atoms. The highest BCUT2D eigenvalue weighted by Crippen LogP contribution is 2.21. The van der Waals surface area contributed by atoms with Crippen molar-refractivity contribution in [3.05, 3.63) is 50.7 Å². The molecule has 1 aliphatic heterocycles. The van der Waals surface area contributed by atoms with Gasteiger partial charge in [-0.1, -0.05) is 27.2 Å². The molecule has 1 aromatic carbocycles. The summed E-state index contributed by atoms with van der Waals surface area (Å²) in [4.78, 5) is 58.2. The summed E-state index contributed by atoms with van der Waals surface area (Å²) in [5.74, 6) is -0.00880. The molecule has 0 saturated carbocycles. The highest BCUT2D eigenvalue weighted by atomic mass is 16.2. The fourth-order valence-electron chi connectivity index (χ4n) is 4.41. The number of aromatic nitrogens is 2. The molecular weight excluding hydrogens is 460 g/mol. The summed E-state index contributed by atoms with van der Waals surface area (Å²) in [7, 11) is 0. The van der Waals surface area contributed by atoms with Gasteiger partial charge < -0.3 is 15.5 Å². The zero-order chi connectivity index (χ0) is 26.4. The van der Waals surface area contributed by atoms with Gasteiger partial charge in [0.1, 0.15) is 5.82 Å². The standard InChI is InChI=1S/C26H38N6O4/c1-5-6-11-31(23-24(27)32(16-18(2)3)26(36)28-25(23)35)22(34)17-29-12-14-30(15-13-29)21-9-7-20(8-10-21)19(4)33/h7-10,18H,5-6,11-17,27H2,1-4H3,(H,28,35,36). The Hall–Kier alpha value is -3.40. The average Bonchev–Trinajstić information content (AvgIpc) is 2.84. The van der Waals surface area contributed by atoms with Gasteiger partial charge in [-0.2, -0.15) is 0 Å². The molecule has 3 rings (SSSR count). The molecule has 1 aromatic heterocycles. The number of piperazine rings is 1. The van der Waals surface area contributed by atoms with E-state index in [1.165, 1.54) is 9.47 Å². The van der Waals surface area contributed by atoms with Crippen molar-refractivity contribution in [1.29, 1.82) is 0 Å². The second kappa shape index (κ2) is 12.0. The summed E-state index contributed by atoms with van der Waals surface area (Å²) in [5.41, 5.74) is 6.88. The Morgan fingerprint density at radius 2 is 1.72 bits per heavy atom. The topological polar surface area (TPSA) is 125 Å². The summed E-state index contributed by atoms with van der Waals surface area (Å²) in [6.07, 6.45) is 1.55. The number of nitrogens with one attached hydrogen (secondary N) is 1. The third kappa shape index (κ3) is 6.42. The maximum atomic E-state index is 13.4. The van der Waals surface area contributed by atoms with E-state index in [-0.39, 0.29) is 35.7 Å². The Kier molecular flexibility index (Phi) is 9.08. The van der Waals surface area contributed by atoms with Gasteiger partial charge in [-0.25, -0.2) is 4.79 Å². The van der Waals surface area contributed by atoms with Crippen molar-refractivity contribution >= 4 is 28.9 Å². The first-order valence-corrected chi connectivity index (χ1v) is 12.6. The monoisotopic (exact) mass is 498 g/mol. The smallest absolute Gasteiger partial charge is 0.330 e. The maximum absolute atomic E-state index is 13.4. The van der Waals surface area contributed by atoms with Crippen molar-refractivity contribution in [1.82, 2.24) is 14.5 Å². The van der Waals surface area contributed by atoms with Crippen LogP contribution in [0.3, 0.4) is 0 Å². The SMILES string of the molecule is CCCCN(C(=O)CN1CCN(c2ccc(C(C)=O)cc2)CC1)c1c(N)n(CC(C)C)c(=O)[nH]c1=O. The van der Waals surface area contributed by atoms with E-state index in [2.05, 4.69) is 14.8 Å². The van der Waals surface area contributed by atoms with E-state index in [0.29, 0.717) is 38.2 Å². The first-order chi connectivity index (χ1) is 17.1. The van der Waals surface area contributed by atoms with Crippen LogP contribution in [0.5, 0.6) is 0 Å². The largest absolute Gasteiger partial charge is 0.383 e. The first kappa shape index (κ1) is 27.2. The third-order valence-corrected chi connectivity index (χ3v) is 6.44. The number of carbonyl (C=O) groups is 2. The number of aromatic amines is 1. The normalized spacial score (nSPS) is 14.3. The van der Waals surface area contributed by atoms with E-state index >= 15 is 0 Å². The third-order valence-electron chi connectivity index (χ3n) is 6.44. The molecule has 36 heavy (non-hydrogen) atoms. The predicted octanol–water partition coefficient (Wildman–Crippen LogP) is 1.93. The molecule has 3 N–H and O–H groups in total. The molecule has 2 aromatic rings. The number of amides is 1. The van der Waals surface area contributed by atoms with Crippen molar-refractivity contribution in [2.45, 2.75) is 47.1 Å². The number of unbranched alkanes of at least 4 members (excludes halogenated alkanes) is 1. The van der Waals surface area contributed by atoms with Gasteiger partial charge in [0, 0.05) is 50.5 Å².